The molecule has 2 aromatic carbocycles. The van der Waals surface area contributed by atoms with Crippen LogP contribution in [0.15, 0.2) is 60.0 Å². The second-order valence-corrected chi connectivity index (χ2v) is 6.27. The molecule has 0 saturated carbocycles. The van der Waals surface area contributed by atoms with Crippen LogP contribution in [0.2, 0.25) is 5.02 Å². The van der Waals surface area contributed by atoms with Gasteiger partial charge in [0.05, 0.1) is 10.7 Å². The van der Waals surface area contributed by atoms with Crippen LogP contribution in [-0.2, 0) is 4.74 Å². The van der Waals surface area contributed by atoms with E-state index < -0.39 is 5.97 Å². The van der Waals surface area contributed by atoms with E-state index in [1.807, 2.05) is 18.2 Å². The Morgan fingerprint density at radius 3 is 2.56 bits per heavy atom. The Morgan fingerprint density at radius 1 is 1.08 bits per heavy atom. The van der Waals surface area contributed by atoms with Crippen LogP contribution in [0.1, 0.15) is 20.8 Å². The SMILES string of the molecule is O=C(COC(=O)c1csc(Nc2ccccc2Cl)n1)c1ccccc1. The molecule has 0 radical (unpaired) electrons. The number of benzene rings is 2. The molecule has 0 spiro atoms. The number of anilines is 2. The zero-order valence-corrected chi connectivity index (χ0v) is 14.5. The van der Waals surface area contributed by atoms with E-state index in [4.69, 9.17) is 16.3 Å². The number of thiazole rings is 1. The topological polar surface area (TPSA) is 68.3 Å². The number of carbonyl (C=O) groups excluding carboxylic acids is 2. The van der Waals surface area contributed by atoms with Crippen molar-refractivity contribution in [1.82, 2.24) is 4.98 Å². The highest BCUT2D eigenvalue weighted by atomic mass is 35.5. The number of nitrogens with one attached hydrogen (secondary N) is 1. The zero-order chi connectivity index (χ0) is 17.6. The number of aromatic nitrogens is 1. The van der Waals surface area contributed by atoms with Crippen molar-refractivity contribution in [3.63, 3.8) is 0 Å². The molecule has 1 N–H and O–H groups in total. The summed E-state index contributed by atoms with van der Waals surface area (Å²) in [6, 6.07) is 15.9. The number of nitrogens with zero attached hydrogens (tertiary/aromatic N) is 1. The molecule has 0 atom stereocenters. The maximum absolute atomic E-state index is 12.0. The van der Waals surface area contributed by atoms with Crippen LogP contribution in [0.25, 0.3) is 0 Å². The first-order valence-electron chi connectivity index (χ1n) is 7.36. The number of hydrogen-bond donors (Lipinski definition) is 1. The summed E-state index contributed by atoms with van der Waals surface area (Å²) in [4.78, 5) is 28.1. The summed E-state index contributed by atoms with van der Waals surface area (Å²) in [5.74, 6) is -0.911. The average Bonchev–Trinajstić information content (AvgIpc) is 3.11. The molecule has 3 aromatic rings. The lowest BCUT2D eigenvalue weighted by Gasteiger charge is -2.04. The highest BCUT2D eigenvalue weighted by Gasteiger charge is 2.15. The zero-order valence-electron chi connectivity index (χ0n) is 12.9. The summed E-state index contributed by atoms with van der Waals surface area (Å²) in [6.07, 6.45) is 0. The molecule has 1 heterocycles. The van der Waals surface area contributed by atoms with Crippen molar-refractivity contribution in [3.8, 4) is 0 Å². The van der Waals surface area contributed by atoms with E-state index in [-0.39, 0.29) is 18.1 Å². The van der Waals surface area contributed by atoms with E-state index >= 15 is 0 Å². The molecule has 0 fully saturated rings. The minimum atomic E-state index is -0.646. The van der Waals surface area contributed by atoms with Crippen LogP contribution in [-0.4, -0.2) is 23.3 Å². The standard InChI is InChI=1S/C18H13ClN2O3S/c19-13-8-4-5-9-14(13)20-18-21-15(11-25-18)17(23)24-10-16(22)12-6-2-1-3-7-12/h1-9,11H,10H2,(H,20,21). The fourth-order valence-corrected chi connectivity index (χ4v) is 2.89. The highest BCUT2D eigenvalue weighted by molar-refractivity contribution is 7.14. The number of para-hydroxylation sites is 1. The van der Waals surface area contributed by atoms with Crippen LogP contribution < -0.4 is 5.32 Å². The maximum atomic E-state index is 12.0. The number of halogens is 1. The maximum Gasteiger partial charge on any atom is 0.358 e. The molecule has 0 aliphatic rings. The van der Waals surface area contributed by atoms with E-state index in [2.05, 4.69) is 10.3 Å². The van der Waals surface area contributed by atoms with Crippen molar-refractivity contribution in [2.75, 3.05) is 11.9 Å². The van der Waals surface area contributed by atoms with E-state index in [0.29, 0.717) is 21.4 Å². The van der Waals surface area contributed by atoms with Gasteiger partial charge in [0.15, 0.2) is 23.2 Å². The van der Waals surface area contributed by atoms with Crippen LogP contribution in [0.4, 0.5) is 10.8 Å². The molecule has 3 rings (SSSR count). The molecule has 0 unspecified atom stereocenters. The number of ether oxygens (including phenoxy) is 1. The van der Waals surface area contributed by atoms with E-state index in [0.717, 1.165) is 0 Å². The Labute approximate surface area is 153 Å². The molecule has 7 heteroatoms. The summed E-state index contributed by atoms with van der Waals surface area (Å²) in [6.45, 7) is -0.326. The van der Waals surface area contributed by atoms with Crippen molar-refractivity contribution >= 4 is 45.5 Å². The summed E-state index contributed by atoms with van der Waals surface area (Å²) in [5, 5.41) is 5.66. The number of ketones is 1. The monoisotopic (exact) mass is 372 g/mol. The fraction of sp³-hybridized carbons (Fsp3) is 0.0556. The summed E-state index contributed by atoms with van der Waals surface area (Å²) in [5.41, 5.74) is 1.33. The largest absolute Gasteiger partial charge is 0.453 e. The van der Waals surface area contributed by atoms with Crippen molar-refractivity contribution in [2.24, 2.45) is 0 Å². The van der Waals surface area contributed by atoms with Crippen LogP contribution in [0, 0.1) is 0 Å². The fourth-order valence-electron chi connectivity index (χ4n) is 2.02. The Kier molecular flexibility index (Phi) is 5.42. The molecule has 1 aromatic heterocycles. The molecule has 0 saturated heterocycles. The quantitative estimate of drug-likeness (QED) is 0.506. The van der Waals surface area contributed by atoms with Gasteiger partial charge in [-0.05, 0) is 12.1 Å². The number of esters is 1. The van der Waals surface area contributed by atoms with E-state index in [1.165, 1.54) is 11.3 Å². The summed E-state index contributed by atoms with van der Waals surface area (Å²) in [7, 11) is 0. The lowest BCUT2D eigenvalue weighted by atomic mass is 10.1. The third-order valence-electron chi connectivity index (χ3n) is 3.26. The van der Waals surface area contributed by atoms with Gasteiger partial charge in [-0.2, -0.15) is 0 Å². The van der Waals surface area contributed by atoms with Gasteiger partial charge in [-0.1, -0.05) is 54.1 Å². The molecule has 5 nitrogen and oxygen atoms in total. The second kappa shape index (κ2) is 7.92. The summed E-state index contributed by atoms with van der Waals surface area (Å²) < 4.78 is 5.03. The Bertz CT molecular complexity index is 896. The summed E-state index contributed by atoms with van der Waals surface area (Å²) >= 11 is 7.32. The Balaban J connectivity index is 1.59. The number of Topliss-reactive ketones (excluding diaryl/α,β-unsaturated/α-hetero) is 1. The average molecular weight is 373 g/mol. The van der Waals surface area contributed by atoms with Crippen molar-refractivity contribution in [3.05, 3.63) is 76.3 Å². The minimum absolute atomic E-state index is 0.139. The van der Waals surface area contributed by atoms with E-state index in [1.54, 1.807) is 41.8 Å². The van der Waals surface area contributed by atoms with Crippen LogP contribution in [0.3, 0.4) is 0 Å². The van der Waals surface area contributed by atoms with Crippen LogP contribution >= 0.6 is 22.9 Å². The third kappa shape index (κ3) is 4.43. The van der Waals surface area contributed by atoms with Crippen LogP contribution in [0.5, 0.6) is 0 Å². The minimum Gasteiger partial charge on any atom is -0.453 e. The van der Waals surface area contributed by atoms with Gasteiger partial charge in [0.1, 0.15) is 0 Å². The van der Waals surface area contributed by atoms with Gasteiger partial charge in [-0.25, -0.2) is 9.78 Å². The third-order valence-corrected chi connectivity index (χ3v) is 4.35. The predicted octanol–water partition coefficient (Wildman–Crippen LogP) is 4.58. The van der Waals surface area contributed by atoms with Crippen molar-refractivity contribution in [2.45, 2.75) is 0 Å². The first kappa shape index (κ1) is 17.1. The highest BCUT2D eigenvalue weighted by Crippen LogP contribution is 2.26. The molecular weight excluding hydrogens is 360 g/mol. The normalized spacial score (nSPS) is 10.3. The van der Waals surface area contributed by atoms with Gasteiger partial charge in [-0.15, -0.1) is 11.3 Å². The first-order chi connectivity index (χ1) is 12.1. The molecule has 0 amide bonds. The second-order valence-electron chi connectivity index (χ2n) is 5.01. The van der Waals surface area contributed by atoms with Gasteiger partial charge in [0.25, 0.3) is 0 Å². The number of carbonyl (C=O) groups is 2. The van der Waals surface area contributed by atoms with Crippen molar-refractivity contribution < 1.29 is 14.3 Å². The molecule has 25 heavy (non-hydrogen) atoms. The molecule has 0 aliphatic carbocycles. The number of rotatable bonds is 6. The molecular formula is C18H13ClN2O3S. The molecule has 0 bridgehead atoms. The Morgan fingerprint density at radius 2 is 1.80 bits per heavy atom. The van der Waals surface area contributed by atoms with Crippen molar-refractivity contribution in [1.29, 1.82) is 0 Å². The first-order valence-corrected chi connectivity index (χ1v) is 8.61. The van der Waals surface area contributed by atoms with Gasteiger partial charge in [0, 0.05) is 10.9 Å². The molecule has 126 valence electrons. The van der Waals surface area contributed by atoms with Gasteiger partial charge >= 0.3 is 5.97 Å². The predicted molar refractivity (Wildman–Crippen MR) is 97.9 cm³/mol. The lowest BCUT2D eigenvalue weighted by Crippen LogP contribution is -2.14. The number of hydrogen-bond acceptors (Lipinski definition) is 6. The molecule has 0 aliphatic heterocycles. The Hall–Kier alpha value is -2.70. The van der Waals surface area contributed by atoms with Gasteiger partial charge < -0.3 is 10.1 Å². The smallest absolute Gasteiger partial charge is 0.358 e. The van der Waals surface area contributed by atoms with E-state index in [9.17, 15) is 9.59 Å². The lowest BCUT2D eigenvalue weighted by molar-refractivity contribution is 0.0470. The van der Waals surface area contributed by atoms with Gasteiger partial charge in [0.2, 0.25) is 0 Å². The van der Waals surface area contributed by atoms with Gasteiger partial charge in [-0.3, -0.25) is 4.79 Å².